The fourth-order valence-corrected chi connectivity index (χ4v) is 2.87. The van der Waals surface area contributed by atoms with Crippen molar-refractivity contribution in [2.45, 2.75) is 45.4 Å². The molecule has 2 aromatic rings. The standard InChI is InChI=1S/C21H25ClO2/c1-2-3-4-5-6-10-15-24-18-13-14-19(20(16-18)21(22)23)17-11-8-7-9-12-17/h7-9,11-14,16H,2-6,10,15H2,1H3. The van der Waals surface area contributed by atoms with Crippen molar-refractivity contribution in [3.8, 4) is 16.9 Å². The summed E-state index contributed by atoms with van der Waals surface area (Å²) in [6, 6.07) is 15.3. The van der Waals surface area contributed by atoms with E-state index in [1.165, 1.54) is 32.1 Å². The summed E-state index contributed by atoms with van der Waals surface area (Å²) >= 11 is 5.77. The van der Waals surface area contributed by atoms with Gasteiger partial charge in [0.15, 0.2) is 0 Å². The number of benzene rings is 2. The van der Waals surface area contributed by atoms with Gasteiger partial charge in [0, 0.05) is 5.56 Å². The summed E-state index contributed by atoms with van der Waals surface area (Å²) < 4.78 is 5.78. The van der Waals surface area contributed by atoms with Gasteiger partial charge in [-0.2, -0.15) is 0 Å². The van der Waals surface area contributed by atoms with Gasteiger partial charge < -0.3 is 4.74 Å². The molecule has 0 aliphatic heterocycles. The fraction of sp³-hybridized carbons (Fsp3) is 0.381. The van der Waals surface area contributed by atoms with Crippen LogP contribution in [0.1, 0.15) is 55.8 Å². The molecule has 0 fully saturated rings. The molecule has 0 saturated heterocycles. The van der Waals surface area contributed by atoms with Crippen LogP contribution in [0.4, 0.5) is 0 Å². The minimum absolute atomic E-state index is 0.459. The highest BCUT2D eigenvalue weighted by Crippen LogP contribution is 2.28. The van der Waals surface area contributed by atoms with Crippen LogP contribution in [0, 0.1) is 0 Å². The van der Waals surface area contributed by atoms with Crippen LogP contribution < -0.4 is 4.74 Å². The third-order valence-corrected chi connectivity index (χ3v) is 4.26. The Kier molecular flexibility index (Phi) is 7.84. The molecule has 0 radical (unpaired) electrons. The molecule has 24 heavy (non-hydrogen) atoms. The van der Waals surface area contributed by atoms with E-state index < -0.39 is 5.24 Å². The van der Waals surface area contributed by atoms with Crippen molar-refractivity contribution in [2.75, 3.05) is 6.61 Å². The molecular formula is C21H25ClO2. The highest BCUT2D eigenvalue weighted by atomic mass is 35.5. The zero-order valence-electron chi connectivity index (χ0n) is 14.3. The highest BCUT2D eigenvalue weighted by molar-refractivity contribution is 6.68. The first kappa shape index (κ1) is 18.5. The van der Waals surface area contributed by atoms with Crippen molar-refractivity contribution in [2.24, 2.45) is 0 Å². The van der Waals surface area contributed by atoms with Crippen LogP contribution in [0.3, 0.4) is 0 Å². The van der Waals surface area contributed by atoms with E-state index in [0.29, 0.717) is 17.9 Å². The molecule has 0 aliphatic carbocycles. The van der Waals surface area contributed by atoms with Gasteiger partial charge in [-0.25, -0.2) is 0 Å². The maximum absolute atomic E-state index is 11.8. The first-order chi connectivity index (χ1) is 11.7. The van der Waals surface area contributed by atoms with Crippen molar-refractivity contribution in [3.05, 3.63) is 54.1 Å². The van der Waals surface area contributed by atoms with Crippen molar-refractivity contribution in [1.82, 2.24) is 0 Å². The largest absolute Gasteiger partial charge is 0.494 e. The zero-order valence-corrected chi connectivity index (χ0v) is 15.0. The maximum Gasteiger partial charge on any atom is 0.253 e. The van der Waals surface area contributed by atoms with Gasteiger partial charge in [0.25, 0.3) is 5.24 Å². The van der Waals surface area contributed by atoms with E-state index in [0.717, 1.165) is 17.5 Å². The third-order valence-electron chi connectivity index (χ3n) is 4.05. The van der Waals surface area contributed by atoms with Crippen molar-refractivity contribution in [1.29, 1.82) is 0 Å². The van der Waals surface area contributed by atoms with Gasteiger partial charge in [-0.15, -0.1) is 0 Å². The molecule has 0 spiro atoms. The Hall–Kier alpha value is -1.80. The molecular weight excluding hydrogens is 320 g/mol. The SMILES string of the molecule is CCCCCCCCOc1ccc(-c2ccccc2)c(C(=O)Cl)c1. The monoisotopic (exact) mass is 344 g/mol. The first-order valence-electron chi connectivity index (χ1n) is 8.74. The van der Waals surface area contributed by atoms with Crippen molar-refractivity contribution in [3.63, 3.8) is 0 Å². The molecule has 0 aromatic heterocycles. The molecule has 2 aromatic carbocycles. The fourth-order valence-electron chi connectivity index (χ4n) is 2.72. The van der Waals surface area contributed by atoms with E-state index in [2.05, 4.69) is 6.92 Å². The Morgan fingerprint density at radius 2 is 1.67 bits per heavy atom. The van der Waals surface area contributed by atoms with E-state index in [-0.39, 0.29) is 0 Å². The highest BCUT2D eigenvalue weighted by Gasteiger charge is 2.12. The summed E-state index contributed by atoms with van der Waals surface area (Å²) in [4.78, 5) is 11.8. The lowest BCUT2D eigenvalue weighted by atomic mass is 10.00. The number of rotatable bonds is 10. The van der Waals surface area contributed by atoms with Gasteiger partial charge in [0.1, 0.15) is 5.75 Å². The number of ether oxygens (including phenoxy) is 1. The average molecular weight is 345 g/mol. The lowest BCUT2D eigenvalue weighted by Gasteiger charge is -2.11. The second kappa shape index (κ2) is 10.1. The molecule has 0 aliphatic rings. The minimum atomic E-state index is -0.459. The molecule has 0 atom stereocenters. The lowest BCUT2D eigenvalue weighted by molar-refractivity contribution is 0.108. The Bertz CT molecular complexity index is 638. The van der Waals surface area contributed by atoms with E-state index in [4.69, 9.17) is 16.3 Å². The summed E-state index contributed by atoms with van der Waals surface area (Å²) in [6.45, 7) is 2.89. The summed E-state index contributed by atoms with van der Waals surface area (Å²) in [6.07, 6.45) is 7.35. The summed E-state index contributed by atoms with van der Waals surface area (Å²) in [5, 5.41) is -0.459. The maximum atomic E-state index is 11.8. The van der Waals surface area contributed by atoms with Gasteiger partial charge >= 0.3 is 0 Å². The van der Waals surface area contributed by atoms with Crippen LogP contribution in [-0.4, -0.2) is 11.8 Å². The number of hydrogen-bond acceptors (Lipinski definition) is 2. The van der Waals surface area contributed by atoms with E-state index in [9.17, 15) is 4.79 Å². The van der Waals surface area contributed by atoms with Crippen LogP contribution in [0.2, 0.25) is 0 Å². The Morgan fingerprint density at radius 1 is 0.958 bits per heavy atom. The van der Waals surface area contributed by atoms with E-state index in [1.807, 2.05) is 42.5 Å². The zero-order chi connectivity index (χ0) is 17.2. The molecule has 128 valence electrons. The molecule has 0 amide bonds. The number of carbonyl (C=O) groups excluding carboxylic acids is 1. The molecule has 2 rings (SSSR count). The Morgan fingerprint density at radius 3 is 2.38 bits per heavy atom. The molecule has 0 saturated carbocycles. The normalized spacial score (nSPS) is 10.6. The number of carbonyl (C=O) groups is 1. The number of hydrogen-bond donors (Lipinski definition) is 0. The van der Waals surface area contributed by atoms with Crippen LogP contribution in [0.5, 0.6) is 5.75 Å². The summed E-state index contributed by atoms with van der Waals surface area (Å²) in [5.74, 6) is 0.701. The smallest absolute Gasteiger partial charge is 0.253 e. The third kappa shape index (κ3) is 5.68. The predicted molar refractivity (Wildman–Crippen MR) is 101 cm³/mol. The predicted octanol–water partition coefficient (Wildman–Crippen LogP) is 6.47. The number of unbranched alkanes of at least 4 members (excludes halogenated alkanes) is 5. The molecule has 2 nitrogen and oxygen atoms in total. The summed E-state index contributed by atoms with van der Waals surface area (Å²) in [7, 11) is 0. The van der Waals surface area contributed by atoms with Gasteiger partial charge in [-0.05, 0) is 47.3 Å². The minimum Gasteiger partial charge on any atom is -0.494 e. The first-order valence-corrected chi connectivity index (χ1v) is 9.12. The van der Waals surface area contributed by atoms with E-state index in [1.54, 1.807) is 6.07 Å². The second-order valence-electron chi connectivity index (χ2n) is 5.96. The average Bonchev–Trinajstić information content (AvgIpc) is 2.61. The van der Waals surface area contributed by atoms with Crippen LogP contribution in [-0.2, 0) is 0 Å². The number of halogens is 1. The Balaban J connectivity index is 1.95. The van der Waals surface area contributed by atoms with Gasteiger partial charge in [-0.1, -0.05) is 69.4 Å². The molecule has 0 heterocycles. The van der Waals surface area contributed by atoms with Crippen molar-refractivity contribution < 1.29 is 9.53 Å². The molecule has 0 unspecified atom stereocenters. The van der Waals surface area contributed by atoms with Gasteiger partial charge in [-0.3, -0.25) is 4.79 Å². The molecule has 0 N–H and O–H groups in total. The van der Waals surface area contributed by atoms with Crippen LogP contribution in [0.25, 0.3) is 11.1 Å². The quantitative estimate of drug-likeness (QED) is 0.364. The van der Waals surface area contributed by atoms with Crippen LogP contribution in [0.15, 0.2) is 48.5 Å². The lowest BCUT2D eigenvalue weighted by Crippen LogP contribution is -2.00. The van der Waals surface area contributed by atoms with Crippen LogP contribution >= 0.6 is 11.6 Å². The van der Waals surface area contributed by atoms with E-state index >= 15 is 0 Å². The topological polar surface area (TPSA) is 26.3 Å². The molecule has 0 bridgehead atoms. The van der Waals surface area contributed by atoms with Gasteiger partial charge in [0.05, 0.1) is 6.61 Å². The Labute approximate surface area is 149 Å². The second-order valence-corrected chi connectivity index (χ2v) is 6.31. The molecule has 3 heteroatoms. The summed E-state index contributed by atoms with van der Waals surface area (Å²) in [5.41, 5.74) is 2.30. The van der Waals surface area contributed by atoms with Gasteiger partial charge in [0.2, 0.25) is 0 Å². The van der Waals surface area contributed by atoms with Crippen molar-refractivity contribution >= 4 is 16.8 Å².